The molecule has 0 aromatic carbocycles. The van der Waals surface area contributed by atoms with Crippen molar-refractivity contribution >= 4 is 6.09 Å². The average Bonchev–Trinajstić information content (AvgIpc) is 2.43. The van der Waals surface area contributed by atoms with Gasteiger partial charge in [-0.3, -0.25) is 0 Å². The first-order valence-corrected chi connectivity index (χ1v) is 5.07. The van der Waals surface area contributed by atoms with Crippen LogP contribution in [0.5, 0.6) is 0 Å². The number of carbonyl (C=O) groups excluding carboxylic acids is 1. The van der Waals surface area contributed by atoms with Crippen LogP contribution < -0.4 is 5.90 Å². The Balaban J connectivity index is 2.58. The molecule has 1 heterocycles. The van der Waals surface area contributed by atoms with Gasteiger partial charge < -0.3 is 14.8 Å². The number of likely N-dealkylation sites (tertiary alicyclic amines) is 1. The van der Waals surface area contributed by atoms with Gasteiger partial charge in [-0.05, 0) is 19.3 Å². The molecule has 1 aliphatic rings. The van der Waals surface area contributed by atoms with Gasteiger partial charge in [-0.15, -0.1) is 0 Å². The minimum Gasteiger partial charge on any atom is -0.396 e. The van der Waals surface area contributed by atoms with Gasteiger partial charge in [-0.2, -0.15) is 5.90 Å². The van der Waals surface area contributed by atoms with Crippen LogP contribution in [0.2, 0.25) is 0 Å². The van der Waals surface area contributed by atoms with Crippen molar-refractivity contribution in [3.05, 3.63) is 0 Å². The second-order valence-electron chi connectivity index (χ2n) is 3.59. The minimum atomic E-state index is -0.481. The Kier molecular flexibility index (Phi) is 4.69. The van der Waals surface area contributed by atoms with Crippen LogP contribution in [0.1, 0.15) is 32.1 Å². The topological polar surface area (TPSA) is 75.8 Å². The maximum absolute atomic E-state index is 11.3. The highest BCUT2D eigenvalue weighted by Crippen LogP contribution is 2.19. The molecule has 1 fully saturated rings. The number of nitrogens with two attached hydrogens (primary N) is 1. The van der Waals surface area contributed by atoms with Crippen LogP contribution in [0.3, 0.4) is 0 Å². The van der Waals surface area contributed by atoms with E-state index in [-0.39, 0.29) is 12.6 Å². The minimum absolute atomic E-state index is 0.0820. The van der Waals surface area contributed by atoms with Crippen molar-refractivity contribution in [3.8, 4) is 0 Å². The number of carbonyl (C=O) groups is 1. The number of hydrogen-bond donors (Lipinski definition) is 2. The van der Waals surface area contributed by atoms with E-state index in [9.17, 15) is 4.79 Å². The maximum Gasteiger partial charge on any atom is 0.428 e. The molecule has 14 heavy (non-hydrogen) atoms. The average molecular weight is 202 g/mol. The van der Waals surface area contributed by atoms with E-state index >= 15 is 0 Å². The summed E-state index contributed by atoms with van der Waals surface area (Å²) in [6.45, 7) is 0.777. The monoisotopic (exact) mass is 202 g/mol. The second kappa shape index (κ2) is 5.82. The third kappa shape index (κ3) is 2.85. The van der Waals surface area contributed by atoms with Crippen LogP contribution in [0.15, 0.2) is 0 Å². The predicted octanol–water partition coefficient (Wildman–Crippen LogP) is 0.624. The van der Waals surface area contributed by atoms with E-state index in [4.69, 9.17) is 11.0 Å². The third-order valence-electron chi connectivity index (χ3n) is 2.67. The lowest BCUT2D eigenvalue weighted by atomic mass is 10.1. The molecule has 5 nitrogen and oxygen atoms in total. The molecule has 1 amide bonds. The van der Waals surface area contributed by atoms with Crippen molar-refractivity contribution < 1.29 is 14.7 Å². The Labute approximate surface area is 83.8 Å². The first-order chi connectivity index (χ1) is 6.79. The Morgan fingerprint density at radius 3 is 2.93 bits per heavy atom. The van der Waals surface area contributed by atoms with Crippen LogP contribution in [-0.2, 0) is 4.84 Å². The maximum atomic E-state index is 11.3. The lowest BCUT2D eigenvalue weighted by Gasteiger charge is -2.27. The summed E-state index contributed by atoms with van der Waals surface area (Å²) in [5.41, 5.74) is 0. The zero-order chi connectivity index (χ0) is 10.4. The molecule has 1 saturated heterocycles. The summed E-state index contributed by atoms with van der Waals surface area (Å²) in [4.78, 5) is 17.2. The number of amides is 1. The highest BCUT2D eigenvalue weighted by Gasteiger charge is 2.25. The smallest absolute Gasteiger partial charge is 0.396 e. The fourth-order valence-corrected chi connectivity index (χ4v) is 1.93. The van der Waals surface area contributed by atoms with E-state index in [1.165, 1.54) is 0 Å². The number of nitrogens with zero attached hydrogens (tertiary/aromatic N) is 1. The van der Waals surface area contributed by atoms with Gasteiger partial charge in [-0.25, -0.2) is 4.79 Å². The van der Waals surface area contributed by atoms with Crippen molar-refractivity contribution in [2.75, 3.05) is 13.2 Å². The second-order valence-corrected chi connectivity index (χ2v) is 3.59. The van der Waals surface area contributed by atoms with E-state index in [1.54, 1.807) is 4.90 Å². The van der Waals surface area contributed by atoms with Gasteiger partial charge in [-0.1, -0.05) is 12.8 Å². The lowest BCUT2D eigenvalue weighted by Crippen LogP contribution is -2.41. The fraction of sp³-hybridized carbons (Fsp3) is 0.889. The molecule has 5 heteroatoms. The summed E-state index contributed by atoms with van der Waals surface area (Å²) in [6.07, 6.45) is 4.25. The molecule has 1 rings (SSSR count). The molecule has 0 saturated carbocycles. The number of aliphatic hydroxyl groups excluding tert-OH is 1. The highest BCUT2D eigenvalue weighted by molar-refractivity contribution is 5.67. The predicted molar refractivity (Wildman–Crippen MR) is 51.3 cm³/mol. The van der Waals surface area contributed by atoms with Gasteiger partial charge in [0.25, 0.3) is 0 Å². The standard InChI is InChI=1S/C9H18N2O3/c10-14-9(13)11-6-3-1-2-4-8(11)5-7-12/h8,12H,1-7,10H2/t8-/m1/s1. The summed E-state index contributed by atoms with van der Waals surface area (Å²) >= 11 is 0. The van der Waals surface area contributed by atoms with Crippen molar-refractivity contribution in [1.82, 2.24) is 4.90 Å². The molecule has 82 valence electrons. The van der Waals surface area contributed by atoms with Crippen LogP contribution >= 0.6 is 0 Å². The number of aliphatic hydroxyl groups is 1. The molecule has 0 unspecified atom stereocenters. The van der Waals surface area contributed by atoms with Gasteiger partial charge in [0.15, 0.2) is 0 Å². The van der Waals surface area contributed by atoms with Crippen LogP contribution in [0.4, 0.5) is 4.79 Å². The van der Waals surface area contributed by atoms with Gasteiger partial charge in [0.2, 0.25) is 0 Å². The first kappa shape index (κ1) is 11.3. The van der Waals surface area contributed by atoms with Gasteiger partial charge in [0.05, 0.1) is 0 Å². The molecule has 0 spiro atoms. The van der Waals surface area contributed by atoms with E-state index in [0.717, 1.165) is 25.7 Å². The summed E-state index contributed by atoms with van der Waals surface area (Å²) in [5.74, 6) is 4.86. The van der Waals surface area contributed by atoms with E-state index in [0.29, 0.717) is 13.0 Å². The van der Waals surface area contributed by atoms with Gasteiger partial charge in [0.1, 0.15) is 0 Å². The third-order valence-corrected chi connectivity index (χ3v) is 2.67. The fourth-order valence-electron chi connectivity index (χ4n) is 1.93. The molecule has 0 radical (unpaired) electrons. The van der Waals surface area contributed by atoms with Gasteiger partial charge >= 0.3 is 6.09 Å². The number of rotatable bonds is 2. The molecule has 1 aliphatic heterocycles. The summed E-state index contributed by atoms with van der Waals surface area (Å²) in [7, 11) is 0. The first-order valence-electron chi connectivity index (χ1n) is 5.07. The molecular formula is C9H18N2O3. The lowest BCUT2D eigenvalue weighted by molar-refractivity contribution is 0.0807. The molecule has 0 bridgehead atoms. The normalized spacial score (nSPS) is 23.0. The quantitative estimate of drug-likeness (QED) is 0.644. The van der Waals surface area contributed by atoms with E-state index in [2.05, 4.69) is 4.84 Å². The van der Waals surface area contributed by atoms with Crippen LogP contribution in [0.25, 0.3) is 0 Å². The van der Waals surface area contributed by atoms with E-state index in [1.807, 2.05) is 0 Å². The van der Waals surface area contributed by atoms with Crippen molar-refractivity contribution in [3.63, 3.8) is 0 Å². The molecular weight excluding hydrogens is 184 g/mol. The number of hydrogen-bond acceptors (Lipinski definition) is 4. The largest absolute Gasteiger partial charge is 0.428 e. The van der Waals surface area contributed by atoms with Crippen molar-refractivity contribution in [2.24, 2.45) is 5.90 Å². The molecule has 1 atom stereocenters. The van der Waals surface area contributed by atoms with Crippen molar-refractivity contribution in [2.45, 2.75) is 38.1 Å². The Bertz CT molecular complexity index is 187. The molecule has 3 N–H and O–H groups in total. The Hall–Kier alpha value is -0.810. The van der Waals surface area contributed by atoms with Crippen molar-refractivity contribution in [1.29, 1.82) is 0 Å². The van der Waals surface area contributed by atoms with Crippen LogP contribution in [-0.4, -0.2) is 35.3 Å². The Morgan fingerprint density at radius 2 is 2.29 bits per heavy atom. The molecule has 0 aromatic rings. The zero-order valence-corrected chi connectivity index (χ0v) is 8.32. The zero-order valence-electron chi connectivity index (χ0n) is 8.32. The summed E-state index contributed by atoms with van der Waals surface area (Å²) in [5, 5.41) is 8.87. The summed E-state index contributed by atoms with van der Waals surface area (Å²) < 4.78 is 0. The van der Waals surface area contributed by atoms with Crippen LogP contribution in [0, 0.1) is 0 Å². The SMILES string of the molecule is NOC(=O)N1CCCCC[C@@H]1CCO. The molecule has 0 aromatic heterocycles. The Morgan fingerprint density at radius 1 is 1.50 bits per heavy atom. The molecule has 0 aliphatic carbocycles. The van der Waals surface area contributed by atoms with Gasteiger partial charge in [0, 0.05) is 19.2 Å². The van der Waals surface area contributed by atoms with E-state index < -0.39 is 6.09 Å². The summed E-state index contributed by atoms with van der Waals surface area (Å²) in [6, 6.07) is 0.0820. The highest BCUT2D eigenvalue weighted by atomic mass is 16.7.